The lowest BCUT2D eigenvalue weighted by atomic mass is 10.1. The lowest BCUT2D eigenvalue weighted by Crippen LogP contribution is -2.18. The first-order chi connectivity index (χ1) is 7.58. The number of primary amides is 1. The SMILES string of the molecule is CCC(CC)Oc1cc(N)ccc1C(N)=O. The summed E-state index contributed by atoms with van der Waals surface area (Å²) in [6.07, 6.45) is 1.84. The second kappa shape index (κ2) is 5.39. The molecule has 0 spiro atoms. The van der Waals surface area contributed by atoms with Crippen LogP contribution >= 0.6 is 0 Å². The number of amides is 1. The normalized spacial score (nSPS) is 10.4. The number of hydrogen-bond donors (Lipinski definition) is 2. The van der Waals surface area contributed by atoms with Crippen molar-refractivity contribution in [2.45, 2.75) is 32.8 Å². The zero-order valence-electron chi connectivity index (χ0n) is 9.69. The van der Waals surface area contributed by atoms with Gasteiger partial charge in [0.15, 0.2) is 0 Å². The maximum absolute atomic E-state index is 11.2. The number of hydrogen-bond acceptors (Lipinski definition) is 3. The molecule has 1 amide bonds. The van der Waals surface area contributed by atoms with Crippen molar-refractivity contribution >= 4 is 11.6 Å². The van der Waals surface area contributed by atoms with Crippen LogP contribution in [0.25, 0.3) is 0 Å². The summed E-state index contributed by atoms with van der Waals surface area (Å²) < 4.78 is 5.71. The predicted octanol–water partition coefficient (Wildman–Crippen LogP) is 1.94. The van der Waals surface area contributed by atoms with Crippen LogP contribution < -0.4 is 16.2 Å². The molecular formula is C12H18N2O2. The van der Waals surface area contributed by atoms with Crippen LogP contribution in [0.1, 0.15) is 37.0 Å². The maximum Gasteiger partial charge on any atom is 0.252 e. The van der Waals surface area contributed by atoms with Gasteiger partial charge >= 0.3 is 0 Å². The highest BCUT2D eigenvalue weighted by molar-refractivity contribution is 5.96. The van der Waals surface area contributed by atoms with Crippen LogP contribution in [0, 0.1) is 0 Å². The third kappa shape index (κ3) is 2.89. The molecule has 1 aromatic carbocycles. The Labute approximate surface area is 95.6 Å². The van der Waals surface area contributed by atoms with Crippen LogP contribution in [0.3, 0.4) is 0 Å². The van der Waals surface area contributed by atoms with Crippen LogP contribution in [0.5, 0.6) is 5.75 Å². The summed E-state index contributed by atoms with van der Waals surface area (Å²) in [6.45, 7) is 4.06. The molecule has 0 aliphatic rings. The van der Waals surface area contributed by atoms with Crippen molar-refractivity contribution in [3.05, 3.63) is 23.8 Å². The van der Waals surface area contributed by atoms with Crippen molar-refractivity contribution in [1.29, 1.82) is 0 Å². The van der Waals surface area contributed by atoms with Crippen molar-refractivity contribution < 1.29 is 9.53 Å². The summed E-state index contributed by atoms with van der Waals surface area (Å²) in [6, 6.07) is 4.87. The van der Waals surface area contributed by atoms with Gasteiger partial charge in [-0.1, -0.05) is 13.8 Å². The van der Waals surface area contributed by atoms with Crippen molar-refractivity contribution in [1.82, 2.24) is 0 Å². The minimum absolute atomic E-state index is 0.0832. The Balaban J connectivity index is 3.00. The van der Waals surface area contributed by atoms with E-state index in [1.807, 2.05) is 13.8 Å². The summed E-state index contributed by atoms with van der Waals surface area (Å²) in [5.41, 5.74) is 11.9. The molecule has 0 aromatic heterocycles. The van der Waals surface area contributed by atoms with Gasteiger partial charge in [0.2, 0.25) is 0 Å². The quantitative estimate of drug-likeness (QED) is 0.747. The third-order valence-electron chi connectivity index (χ3n) is 2.48. The van der Waals surface area contributed by atoms with E-state index in [-0.39, 0.29) is 6.10 Å². The van der Waals surface area contributed by atoms with Gasteiger partial charge in [-0.3, -0.25) is 4.79 Å². The van der Waals surface area contributed by atoms with Gasteiger partial charge in [-0.15, -0.1) is 0 Å². The first-order valence-electron chi connectivity index (χ1n) is 5.44. The zero-order valence-corrected chi connectivity index (χ0v) is 9.69. The minimum atomic E-state index is -0.499. The van der Waals surface area contributed by atoms with Crippen LogP contribution in [0.2, 0.25) is 0 Å². The van der Waals surface area contributed by atoms with Crippen LogP contribution in [-0.2, 0) is 0 Å². The number of ether oxygens (including phenoxy) is 1. The topological polar surface area (TPSA) is 78.3 Å². The average Bonchev–Trinajstić information content (AvgIpc) is 2.25. The Bertz CT molecular complexity index is 373. The van der Waals surface area contributed by atoms with Crippen LogP contribution in [0.15, 0.2) is 18.2 Å². The molecule has 4 nitrogen and oxygen atoms in total. The van der Waals surface area contributed by atoms with Gasteiger partial charge in [-0.25, -0.2) is 0 Å². The fourth-order valence-corrected chi connectivity index (χ4v) is 1.47. The smallest absolute Gasteiger partial charge is 0.252 e. The summed E-state index contributed by atoms with van der Waals surface area (Å²) >= 11 is 0. The summed E-state index contributed by atoms with van der Waals surface area (Å²) in [5, 5.41) is 0. The third-order valence-corrected chi connectivity index (χ3v) is 2.48. The lowest BCUT2D eigenvalue weighted by Gasteiger charge is -2.17. The van der Waals surface area contributed by atoms with Gasteiger partial charge in [-0.05, 0) is 25.0 Å². The second-order valence-electron chi connectivity index (χ2n) is 3.68. The molecule has 4 heteroatoms. The molecule has 0 aliphatic carbocycles. The van der Waals surface area contributed by atoms with Gasteiger partial charge in [-0.2, -0.15) is 0 Å². The highest BCUT2D eigenvalue weighted by Crippen LogP contribution is 2.23. The molecular weight excluding hydrogens is 204 g/mol. The van der Waals surface area contributed by atoms with Gasteiger partial charge in [0.1, 0.15) is 5.75 Å². The van der Waals surface area contributed by atoms with E-state index in [1.165, 1.54) is 0 Å². The number of carbonyl (C=O) groups is 1. The molecule has 0 saturated carbocycles. The summed E-state index contributed by atoms with van der Waals surface area (Å²) in [5.74, 6) is -0.0258. The number of rotatable bonds is 5. The van der Waals surface area contributed by atoms with Gasteiger partial charge < -0.3 is 16.2 Å². The number of nitrogens with two attached hydrogens (primary N) is 2. The number of nitrogen functional groups attached to an aromatic ring is 1. The molecule has 0 atom stereocenters. The van der Waals surface area contributed by atoms with Crippen LogP contribution in [0.4, 0.5) is 5.69 Å². The molecule has 0 aliphatic heterocycles. The van der Waals surface area contributed by atoms with Crippen molar-refractivity contribution in [2.24, 2.45) is 5.73 Å². The molecule has 0 unspecified atom stereocenters. The maximum atomic E-state index is 11.2. The molecule has 0 radical (unpaired) electrons. The Hall–Kier alpha value is -1.71. The van der Waals surface area contributed by atoms with E-state index in [9.17, 15) is 4.79 Å². The monoisotopic (exact) mass is 222 g/mol. The molecule has 16 heavy (non-hydrogen) atoms. The Morgan fingerprint density at radius 1 is 1.38 bits per heavy atom. The average molecular weight is 222 g/mol. The van der Waals surface area contributed by atoms with Gasteiger partial charge in [0.05, 0.1) is 11.7 Å². The first kappa shape index (κ1) is 12.4. The zero-order chi connectivity index (χ0) is 12.1. The lowest BCUT2D eigenvalue weighted by molar-refractivity contribution is 0.0992. The fourth-order valence-electron chi connectivity index (χ4n) is 1.47. The molecule has 1 aromatic rings. The standard InChI is InChI=1S/C12H18N2O2/c1-3-9(4-2)16-11-7-8(13)5-6-10(11)12(14)15/h5-7,9H,3-4,13H2,1-2H3,(H2,14,15). The highest BCUT2D eigenvalue weighted by atomic mass is 16.5. The molecule has 0 fully saturated rings. The molecule has 88 valence electrons. The number of anilines is 1. The fraction of sp³-hybridized carbons (Fsp3) is 0.417. The van der Waals surface area contributed by atoms with E-state index in [4.69, 9.17) is 16.2 Å². The minimum Gasteiger partial charge on any atom is -0.490 e. The number of carbonyl (C=O) groups excluding carboxylic acids is 1. The van der Waals surface area contributed by atoms with E-state index in [0.717, 1.165) is 12.8 Å². The van der Waals surface area contributed by atoms with Gasteiger partial charge in [0.25, 0.3) is 5.91 Å². The molecule has 4 N–H and O–H groups in total. The van der Waals surface area contributed by atoms with Crippen molar-refractivity contribution in [3.8, 4) is 5.75 Å². The van der Waals surface area contributed by atoms with Crippen LogP contribution in [-0.4, -0.2) is 12.0 Å². The van der Waals surface area contributed by atoms with Crippen molar-refractivity contribution in [2.75, 3.05) is 5.73 Å². The predicted molar refractivity (Wildman–Crippen MR) is 64.4 cm³/mol. The van der Waals surface area contributed by atoms with Crippen molar-refractivity contribution in [3.63, 3.8) is 0 Å². The largest absolute Gasteiger partial charge is 0.490 e. The Morgan fingerprint density at radius 2 is 2.00 bits per heavy atom. The number of benzene rings is 1. The first-order valence-corrected chi connectivity index (χ1v) is 5.44. The Morgan fingerprint density at radius 3 is 2.50 bits per heavy atom. The summed E-state index contributed by atoms with van der Waals surface area (Å²) in [4.78, 5) is 11.2. The second-order valence-corrected chi connectivity index (χ2v) is 3.68. The van der Waals surface area contributed by atoms with Gasteiger partial charge in [0, 0.05) is 11.8 Å². The van der Waals surface area contributed by atoms with E-state index < -0.39 is 5.91 Å². The van der Waals surface area contributed by atoms with E-state index in [1.54, 1.807) is 18.2 Å². The molecule has 1 rings (SSSR count). The summed E-state index contributed by atoms with van der Waals surface area (Å²) in [7, 11) is 0. The Kier molecular flexibility index (Phi) is 4.17. The van der Waals surface area contributed by atoms with E-state index in [0.29, 0.717) is 17.0 Å². The van der Waals surface area contributed by atoms with E-state index in [2.05, 4.69) is 0 Å². The molecule has 0 saturated heterocycles. The molecule has 0 bridgehead atoms. The van der Waals surface area contributed by atoms with E-state index >= 15 is 0 Å². The highest BCUT2D eigenvalue weighted by Gasteiger charge is 2.13. The molecule has 0 heterocycles.